The highest BCUT2D eigenvalue weighted by Gasteiger charge is 2.12. The number of rotatable bonds is 22. The molecular formula is C30H52N2O4. The van der Waals surface area contributed by atoms with Crippen molar-refractivity contribution in [1.82, 2.24) is 9.80 Å². The number of nitrogens with zero attached hydrogens (tertiary/aromatic N) is 2. The van der Waals surface area contributed by atoms with Gasteiger partial charge in [0.05, 0.1) is 24.3 Å². The second-order valence-corrected chi connectivity index (χ2v) is 9.55. The third-order valence-corrected chi connectivity index (χ3v) is 6.61. The lowest BCUT2D eigenvalue weighted by atomic mass is 10.1. The van der Waals surface area contributed by atoms with E-state index in [1.165, 1.54) is 51.4 Å². The highest BCUT2D eigenvalue weighted by atomic mass is 16.5. The molecule has 206 valence electrons. The molecule has 0 aliphatic rings. The van der Waals surface area contributed by atoms with Crippen LogP contribution in [-0.4, -0.2) is 74.2 Å². The van der Waals surface area contributed by atoms with Gasteiger partial charge in [-0.2, -0.15) is 0 Å². The van der Waals surface area contributed by atoms with Gasteiger partial charge in [-0.25, -0.2) is 9.59 Å². The fraction of sp³-hybridized carbons (Fsp3) is 0.733. The van der Waals surface area contributed by atoms with Gasteiger partial charge in [0.15, 0.2) is 0 Å². The Morgan fingerprint density at radius 2 is 0.917 bits per heavy atom. The van der Waals surface area contributed by atoms with Gasteiger partial charge >= 0.3 is 11.9 Å². The zero-order valence-electron chi connectivity index (χ0n) is 23.6. The average Bonchev–Trinajstić information content (AvgIpc) is 2.91. The van der Waals surface area contributed by atoms with Crippen LogP contribution in [0.4, 0.5) is 0 Å². The largest absolute Gasteiger partial charge is 0.462 e. The normalized spacial score (nSPS) is 11.3. The third-order valence-electron chi connectivity index (χ3n) is 6.61. The van der Waals surface area contributed by atoms with E-state index < -0.39 is 0 Å². The number of carbonyl (C=O) groups excluding carboxylic acids is 2. The van der Waals surface area contributed by atoms with Crippen LogP contribution in [-0.2, 0) is 9.47 Å². The summed E-state index contributed by atoms with van der Waals surface area (Å²) >= 11 is 0. The van der Waals surface area contributed by atoms with Crippen molar-refractivity contribution in [2.45, 2.75) is 91.9 Å². The topological polar surface area (TPSA) is 59.1 Å². The summed E-state index contributed by atoms with van der Waals surface area (Å²) in [5.41, 5.74) is 0.917. The summed E-state index contributed by atoms with van der Waals surface area (Å²) < 4.78 is 10.9. The fourth-order valence-corrected chi connectivity index (χ4v) is 4.20. The highest BCUT2D eigenvalue weighted by Crippen LogP contribution is 2.09. The molecule has 0 aromatic heterocycles. The molecule has 0 aliphatic carbocycles. The van der Waals surface area contributed by atoms with Crippen LogP contribution in [0, 0.1) is 0 Å². The number of ether oxygens (including phenoxy) is 2. The number of carbonyl (C=O) groups is 2. The van der Waals surface area contributed by atoms with E-state index in [0.29, 0.717) is 24.3 Å². The first kappa shape index (κ1) is 32.1. The summed E-state index contributed by atoms with van der Waals surface area (Å²) in [5, 5.41) is 0. The fourth-order valence-electron chi connectivity index (χ4n) is 4.20. The van der Waals surface area contributed by atoms with E-state index in [9.17, 15) is 9.59 Å². The first-order chi connectivity index (χ1) is 17.5. The van der Waals surface area contributed by atoms with E-state index in [-0.39, 0.29) is 11.9 Å². The Hall–Kier alpha value is -1.92. The Kier molecular flexibility index (Phi) is 18.9. The van der Waals surface area contributed by atoms with Gasteiger partial charge in [0.1, 0.15) is 0 Å². The Bertz CT molecular complexity index is 634. The zero-order chi connectivity index (χ0) is 26.4. The molecule has 1 aromatic carbocycles. The van der Waals surface area contributed by atoms with Crippen molar-refractivity contribution in [3.8, 4) is 0 Å². The highest BCUT2D eigenvalue weighted by molar-refractivity contribution is 5.93. The van der Waals surface area contributed by atoms with Gasteiger partial charge in [-0.15, -0.1) is 0 Å². The van der Waals surface area contributed by atoms with Crippen molar-refractivity contribution in [2.75, 3.05) is 52.5 Å². The first-order valence-electron chi connectivity index (χ1n) is 14.4. The van der Waals surface area contributed by atoms with Crippen molar-refractivity contribution in [1.29, 1.82) is 0 Å². The molecule has 1 rings (SSSR count). The molecule has 0 saturated carbocycles. The minimum atomic E-state index is -0.348. The number of esters is 2. The predicted octanol–water partition coefficient (Wildman–Crippen LogP) is 6.58. The molecule has 0 unspecified atom stereocenters. The second-order valence-electron chi connectivity index (χ2n) is 9.55. The van der Waals surface area contributed by atoms with Crippen LogP contribution in [0.5, 0.6) is 0 Å². The van der Waals surface area contributed by atoms with Crippen LogP contribution < -0.4 is 0 Å². The maximum atomic E-state index is 12.3. The number of unbranched alkanes of at least 4 members (excludes halogenated alkanes) is 6. The molecule has 0 N–H and O–H groups in total. The molecule has 6 heteroatoms. The van der Waals surface area contributed by atoms with Gasteiger partial charge in [-0.1, -0.05) is 66.2 Å². The smallest absolute Gasteiger partial charge is 0.338 e. The van der Waals surface area contributed by atoms with Crippen LogP contribution >= 0.6 is 0 Å². The number of benzene rings is 1. The summed E-state index contributed by atoms with van der Waals surface area (Å²) in [7, 11) is 0. The van der Waals surface area contributed by atoms with Crippen LogP contribution in [0.3, 0.4) is 0 Å². The van der Waals surface area contributed by atoms with Gasteiger partial charge in [0.25, 0.3) is 0 Å². The van der Waals surface area contributed by atoms with Crippen molar-refractivity contribution < 1.29 is 19.1 Å². The Balaban J connectivity index is 2.27. The van der Waals surface area contributed by atoms with Crippen LogP contribution in [0.15, 0.2) is 24.3 Å². The van der Waals surface area contributed by atoms with E-state index in [0.717, 1.165) is 52.1 Å². The van der Waals surface area contributed by atoms with Crippen LogP contribution in [0.25, 0.3) is 0 Å². The van der Waals surface area contributed by atoms with Gasteiger partial charge in [0.2, 0.25) is 0 Å². The molecule has 0 fully saturated rings. The monoisotopic (exact) mass is 504 g/mol. The van der Waals surface area contributed by atoms with E-state index in [2.05, 4.69) is 37.5 Å². The molecule has 0 amide bonds. The van der Waals surface area contributed by atoms with Crippen LogP contribution in [0.2, 0.25) is 0 Å². The van der Waals surface area contributed by atoms with Crippen molar-refractivity contribution in [3.63, 3.8) is 0 Å². The summed E-state index contributed by atoms with van der Waals surface area (Å²) in [5.74, 6) is -0.695. The van der Waals surface area contributed by atoms with Crippen molar-refractivity contribution >= 4 is 11.9 Å². The third kappa shape index (κ3) is 14.6. The Morgan fingerprint density at radius 1 is 0.556 bits per heavy atom. The second kappa shape index (κ2) is 21.2. The van der Waals surface area contributed by atoms with E-state index in [4.69, 9.17) is 9.47 Å². The molecule has 0 bridgehead atoms. The molecule has 0 heterocycles. The molecule has 0 aliphatic heterocycles. The first-order valence-corrected chi connectivity index (χ1v) is 14.4. The minimum Gasteiger partial charge on any atom is -0.462 e. The molecule has 6 nitrogen and oxygen atoms in total. The summed E-state index contributed by atoms with van der Waals surface area (Å²) in [6, 6.07) is 6.56. The van der Waals surface area contributed by atoms with Gasteiger partial charge < -0.3 is 19.3 Å². The lowest BCUT2D eigenvalue weighted by Gasteiger charge is -2.20. The SMILES string of the molecule is CCCCCCN(CC)CCCOC(=O)c1ccc(C(=O)OCCCN(CC)CCCCCC)cc1. The number of hydrogen-bond donors (Lipinski definition) is 0. The van der Waals surface area contributed by atoms with Gasteiger partial charge in [-0.05, 0) is 76.1 Å². The predicted molar refractivity (Wildman–Crippen MR) is 149 cm³/mol. The molecule has 0 spiro atoms. The molecule has 0 atom stereocenters. The molecule has 36 heavy (non-hydrogen) atoms. The van der Waals surface area contributed by atoms with E-state index >= 15 is 0 Å². The van der Waals surface area contributed by atoms with Crippen molar-refractivity contribution in [3.05, 3.63) is 35.4 Å². The standard InChI is InChI=1S/C30H52N2O4/c1-5-9-11-13-21-31(7-3)23-15-25-35-29(33)27-17-19-28(20-18-27)30(34)36-26-16-24-32(8-4)22-14-12-10-6-2/h17-20H,5-16,21-26H2,1-4H3. The maximum Gasteiger partial charge on any atom is 0.338 e. The summed E-state index contributed by atoms with van der Waals surface area (Å²) in [6.45, 7) is 15.8. The summed E-state index contributed by atoms with van der Waals surface area (Å²) in [4.78, 5) is 29.5. The maximum absolute atomic E-state index is 12.3. The zero-order valence-corrected chi connectivity index (χ0v) is 23.6. The minimum absolute atomic E-state index is 0.348. The Labute approximate surface area is 220 Å². The quantitative estimate of drug-likeness (QED) is 0.131. The summed E-state index contributed by atoms with van der Waals surface area (Å²) in [6.07, 6.45) is 11.8. The lowest BCUT2D eigenvalue weighted by Crippen LogP contribution is -2.27. The van der Waals surface area contributed by atoms with Crippen molar-refractivity contribution in [2.24, 2.45) is 0 Å². The van der Waals surface area contributed by atoms with Crippen LogP contribution in [0.1, 0.15) is 113 Å². The molecular weight excluding hydrogens is 452 g/mol. The van der Waals surface area contributed by atoms with E-state index in [1.54, 1.807) is 24.3 Å². The van der Waals surface area contributed by atoms with Gasteiger partial charge in [-0.3, -0.25) is 0 Å². The Morgan fingerprint density at radius 3 is 1.25 bits per heavy atom. The number of hydrogen-bond acceptors (Lipinski definition) is 6. The molecule has 0 saturated heterocycles. The van der Waals surface area contributed by atoms with E-state index in [1.807, 2.05) is 0 Å². The average molecular weight is 505 g/mol. The molecule has 0 radical (unpaired) electrons. The molecule has 1 aromatic rings. The lowest BCUT2D eigenvalue weighted by molar-refractivity contribution is 0.0474. The van der Waals surface area contributed by atoms with Gasteiger partial charge in [0, 0.05) is 13.1 Å².